The summed E-state index contributed by atoms with van der Waals surface area (Å²) in [6.45, 7) is 0.0809. The average Bonchev–Trinajstić information content (AvgIpc) is 2.97. The molecule has 2 rings (SSSR count). The van der Waals surface area contributed by atoms with Crippen molar-refractivity contribution in [3.8, 4) is 5.75 Å². The van der Waals surface area contributed by atoms with E-state index in [-0.39, 0.29) is 6.54 Å². The molecule has 0 fully saturated rings. The molecule has 2 aromatic rings. The summed E-state index contributed by atoms with van der Waals surface area (Å²) in [6.07, 6.45) is 0.762. The largest absolute Gasteiger partial charge is 0.496 e. The van der Waals surface area contributed by atoms with Gasteiger partial charge in [-0.25, -0.2) is 9.78 Å². The molecule has 1 aromatic heterocycles. The van der Waals surface area contributed by atoms with E-state index in [4.69, 9.17) is 4.74 Å². The van der Waals surface area contributed by atoms with E-state index in [0.717, 1.165) is 0 Å². The number of ether oxygens (including phenoxy) is 1. The Bertz CT molecular complexity index is 560. The van der Waals surface area contributed by atoms with Gasteiger partial charge >= 0.3 is 6.03 Å². The summed E-state index contributed by atoms with van der Waals surface area (Å²) in [5.74, 6) is 0.585. The summed E-state index contributed by atoms with van der Waals surface area (Å²) in [6, 6.07) is 6.72. The van der Waals surface area contributed by atoms with Crippen LogP contribution in [0.15, 0.2) is 35.8 Å². The molecule has 0 radical (unpaired) electrons. The number of anilines is 1. The molecule has 0 aliphatic carbocycles. The van der Waals surface area contributed by atoms with Crippen molar-refractivity contribution >= 4 is 22.5 Å². The Morgan fingerprint density at radius 2 is 2.30 bits per heavy atom. The van der Waals surface area contributed by atoms with Gasteiger partial charge in [-0.3, -0.25) is 5.32 Å². The van der Waals surface area contributed by atoms with Crippen LogP contribution in [0.5, 0.6) is 5.75 Å². The van der Waals surface area contributed by atoms with E-state index >= 15 is 0 Å². The third-order valence-electron chi connectivity index (χ3n) is 2.61. The van der Waals surface area contributed by atoms with Crippen molar-refractivity contribution < 1.29 is 14.6 Å². The molecule has 1 heterocycles. The van der Waals surface area contributed by atoms with Crippen LogP contribution in [0, 0.1) is 0 Å². The second-order valence-electron chi connectivity index (χ2n) is 3.93. The number of hydrogen-bond acceptors (Lipinski definition) is 5. The zero-order chi connectivity index (χ0) is 14.4. The first-order valence-electron chi connectivity index (χ1n) is 5.96. The number of para-hydroxylation sites is 1. The van der Waals surface area contributed by atoms with Crippen molar-refractivity contribution in [3.05, 3.63) is 41.4 Å². The lowest BCUT2D eigenvalue weighted by molar-refractivity contribution is 0.171. The van der Waals surface area contributed by atoms with E-state index in [9.17, 15) is 9.90 Å². The fourth-order valence-electron chi connectivity index (χ4n) is 1.67. The van der Waals surface area contributed by atoms with Crippen LogP contribution in [0.2, 0.25) is 0 Å². The molecule has 0 unspecified atom stereocenters. The maximum atomic E-state index is 11.6. The highest BCUT2D eigenvalue weighted by molar-refractivity contribution is 7.13. The zero-order valence-electron chi connectivity index (χ0n) is 10.9. The first-order chi connectivity index (χ1) is 9.70. The number of benzene rings is 1. The van der Waals surface area contributed by atoms with Crippen LogP contribution in [-0.2, 0) is 0 Å². The van der Waals surface area contributed by atoms with Crippen molar-refractivity contribution in [2.45, 2.75) is 6.10 Å². The quantitative estimate of drug-likeness (QED) is 0.787. The van der Waals surface area contributed by atoms with Gasteiger partial charge < -0.3 is 15.2 Å². The molecule has 2 amide bonds. The summed E-state index contributed by atoms with van der Waals surface area (Å²) in [5, 5.41) is 17.5. The molecular formula is C13H15N3O3S. The maximum Gasteiger partial charge on any atom is 0.321 e. The highest BCUT2D eigenvalue weighted by atomic mass is 32.1. The molecule has 0 aliphatic rings. The predicted octanol–water partition coefficient (Wildman–Crippen LogP) is 2.01. The summed E-state index contributed by atoms with van der Waals surface area (Å²) in [7, 11) is 1.54. The molecule has 0 saturated carbocycles. The standard InChI is InChI=1S/C13H15N3O3S/c1-19-11-5-3-2-4-9(11)10(17)8-15-12(18)16-13-14-6-7-20-13/h2-7,10,17H,8H2,1H3,(H2,14,15,16,18)/t10-/m0/s1. The van der Waals surface area contributed by atoms with Crippen molar-refractivity contribution in [1.82, 2.24) is 10.3 Å². The molecule has 1 atom stereocenters. The van der Waals surface area contributed by atoms with E-state index in [1.165, 1.54) is 18.4 Å². The fraction of sp³-hybridized carbons (Fsp3) is 0.231. The summed E-state index contributed by atoms with van der Waals surface area (Å²) in [5.41, 5.74) is 0.629. The Kier molecular flexibility index (Phi) is 4.91. The first kappa shape index (κ1) is 14.3. The second-order valence-corrected chi connectivity index (χ2v) is 4.82. The van der Waals surface area contributed by atoms with Gasteiger partial charge in [-0.05, 0) is 6.07 Å². The van der Waals surface area contributed by atoms with Crippen LogP contribution >= 0.6 is 11.3 Å². The van der Waals surface area contributed by atoms with Crippen LogP contribution in [-0.4, -0.2) is 29.8 Å². The summed E-state index contributed by atoms with van der Waals surface area (Å²) < 4.78 is 5.16. The Labute approximate surface area is 120 Å². The van der Waals surface area contributed by atoms with Gasteiger partial charge in [0.2, 0.25) is 0 Å². The van der Waals surface area contributed by atoms with Crippen LogP contribution in [0.1, 0.15) is 11.7 Å². The first-order valence-corrected chi connectivity index (χ1v) is 6.84. The van der Waals surface area contributed by atoms with E-state index < -0.39 is 12.1 Å². The number of thiazole rings is 1. The number of hydrogen-bond donors (Lipinski definition) is 3. The van der Waals surface area contributed by atoms with Crippen molar-refractivity contribution in [3.63, 3.8) is 0 Å². The lowest BCUT2D eigenvalue weighted by Gasteiger charge is -2.15. The average molecular weight is 293 g/mol. The minimum Gasteiger partial charge on any atom is -0.496 e. The minimum absolute atomic E-state index is 0.0809. The summed E-state index contributed by atoms with van der Waals surface area (Å²) >= 11 is 1.32. The van der Waals surface area contributed by atoms with Crippen LogP contribution < -0.4 is 15.4 Å². The van der Waals surface area contributed by atoms with E-state index in [0.29, 0.717) is 16.4 Å². The number of nitrogens with one attached hydrogen (secondary N) is 2. The van der Waals surface area contributed by atoms with Crippen molar-refractivity contribution in [2.75, 3.05) is 19.0 Å². The van der Waals surface area contributed by atoms with Gasteiger partial charge in [0.1, 0.15) is 5.75 Å². The molecule has 0 bridgehead atoms. The van der Waals surface area contributed by atoms with Gasteiger partial charge in [-0.15, -0.1) is 11.3 Å². The van der Waals surface area contributed by atoms with E-state index in [2.05, 4.69) is 15.6 Å². The van der Waals surface area contributed by atoms with E-state index in [1.54, 1.807) is 29.8 Å². The molecular weight excluding hydrogens is 278 g/mol. The normalized spacial score (nSPS) is 11.7. The third-order valence-corrected chi connectivity index (χ3v) is 3.30. The second kappa shape index (κ2) is 6.88. The van der Waals surface area contributed by atoms with Crippen molar-refractivity contribution in [2.24, 2.45) is 0 Å². The van der Waals surface area contributed by atoms with Crippen LogP contribution in [0.25, 0.3) is 0 Å². The number of aliphatic hydroxyl groups excluding tert-OH is 1. The number of methoxy groups -OCH3 is 1. The monoisotopic (exact) mass is 293 g/mol. The van der Waals surface area contributed by atoms with Gasteiger partial charge in [0, 0.05) is 23.7 Å². The fourth-order valence-corrected chi connectivity index (χ4v) is 2.19. The molecule has 0 spiro atoms. The minimum atomic E-state index is -0.840. The van der Waals surface area contributed by atoms with Gasteiger partial charge in [-0.1, -0.05) is 18.2 Å². The molecule has 0 saturated heterocycles. The molecule has 3 N–H and O–H groups in total. The number of amides is 2. The van der Waals surface area contributed by atoms with Gasteiger partial charge in [-0.2, -0.15) is 0 Å². The van der Waals surface area contributed by atoms with Crippen LogP contribution in [0.3, 0.4) is 0 Å². The molecule has 20 heavy (non-hydrogen) atoms. The third kappa shape index (κ3) is 3.69. The van der Waals surface area contributed by atoms with E-state index in [1.807, 2.05) is 6.07 Å². The lowest BCUT2D eigenvalue weighted by atomic mass is 10.1. The molecule has 7 heteroatoms. The van der Waals surface area contributed by atoms with Crippen molar-refractivity contribution in [1.29, 1.82) is 0 Å². The van der Waals surface area contributed by atoms with Gasteiger partial charge in [0.25, 0.3) is 0 Å². The molecule has 1 aromatic carbocycles. The Morgan fingerprint density at radius 1 is 1.50 bits per heavy atom. The number of nitrogens with zero attached hydrogens (tertiary/aromatic N) is 1. The van der Waals surface area contributed by atoms with Gasteiger partial charge in [0.05, 0.1) is 13.2 Å². The number of carbonyl (C=O) groups excluding carboxylic acids is 1. The Balaban J connectivity index is 1.88. The van der Waals surface area contributed by atoms with Gasteiger partial charge in [0.15, 0.2) is 5.13 Å². The lowest BCUT2D eigenvalue weighted by Crippen LogP contribution is -2.32. The Morgan fingerprint density at radius 3 is 3.00 bits per heavy atom. The smallest absolute Gasteiger partial charge is 0.321 e. The zero-order valence-corrected chi connectivity index (χ0v) is 11.7. The molecule has 106 valence electrons. The number of aliphatic hydroxyl groups is 1. The summed E-state index contributed by atoms with van der Waals surface area (Å²) in [4.78, 5) is 15.5. The SMILES string of the molecule is COc1ccccc1[C@@H](O)CNC(=O)Nc1nccs1. The number of carbonyl (C=O) groups is 1. The Hall–Kier alpha value is -2.12. The predicted molar refractivity (Wildman–Crippen MR) is 77.1 cm³/mol. The van der Waals surface area contributed by atoms with Crippen LogP contribution in [0.4, 0.5) is 9.93 Å². The highest BCUT2D eigenvalue weighted by Crippen LogP contribution is 2.24. The maximum absolute atomic E-state index is 11.6. The highest BCUT2D eigenvalue weighted by Gasteiger charge is 2.14. The molecule has 6 nitrogen and oxygen atoms in total. The number of rotatable bonds is 5. The topological polar surface area (TPSA) is 83.5 Å². The molecule has 0 aliphatic heterocycles. The number of urea groups is 1. The number of aromatic nitrogens is 1.